The summed E-state index contributed by atoms with van der Waals surface area (Å²) in [5.41, 5.74) is 6.82. The first-order valence-electron chi connectivity index (χ1n) is 3.05. The highest BCUT2D eigenvalue weighted by atomic mass is 35.5. The van der Waals surface area contributed by atoms with Gasteiger partial charge in [0.2, 0.25) is 5.91 Å². The van der Waals surface area contributed by atoms with E-state index in [1.54, 1.807) is 0 Å². The number of allylic oxidation sites excluding steroid dienone is 1. The molecule has 0 saturated carbocycles. The number of nitrogens with two attached hydrogens (primary N) is 1. The Bertz CT molecular complexity index is 151. The molecule has 0 aliphatic carbocycles. The van der Waals surface area contributed by atoms with Gasteiger partial charge in [0.1, 0.15) is 0 Å². The Morgan fingerprint density at radius 1 is 1.36 bits per heavy atom. The Morgan fingerprint density at radius 2 is 1.73 bits per heavy atom. The van der Waals surface area contributed by atoms with Crippen LogP contribution in [0.3, 0.4) is 0 Å². The first-order valence-corrected chi connectivity index (χ1v) is 3.05. The van der Waals surface area contributed by atoms with Crippen LogP contribution in [0.5, 0.6) is 0 Å². The number of carbonyl (C=O) groups is 1. The monoisotopic (exact) mass is 180 g/mol. The predicted octanol–water partition coefficient (Wildman–Crippen LogP) is 1.80. The highest BCUT2D eigenvalue weighted by molar-refractivity contribution is 5.92. The first kappa shape index (κ1) is 16.8. The van der Waals surface area contributed by atoms with E-state index in [0.717, 1.165) is 17.6 Å². The van der Waals surface area contributed by atoms with Gasteiger partial charge in [-0.3, -0.25) is 4.79 Å². The molecule has 5 N–H and O–H groups in total. The third kappa shape index (κ3) is 5.88. The average molecular weight is 181 g/mol. The van der Waals surface area contributed by atoms with Gasteiger partial charge < -0.3 is 11.9 Å². The molecule has 0 heterocycles. The van der Waals surface area contributed by atoms with Crippen molar-refractivity contribution < 1.29 is 4.79 Å². The molecule has 0 radical (unpaired) electrons. The van der Waals surface area contributed by atoms with E-state index in [4.69, 9.17) is 5.73 Å². The second-order valence-electron chi connectivity index (χ2n) is 2.20. The average Bonchev–Trinajstić information content (AvgIpc) is 1.64. The molecule has 1 amide bonds. The number of halogens is 1. The Hall–Kier alpha value is -0.540. The van der Waals surface area contributed by atoms with Crippen molar-refractivity contribution in [3.63, 3.8) is 0 Å². The quantitative estimate of drug-likeness (QED) is 0.636. The maximum Gasteiger partial charge on any atom is 0.244 e. The van der Waals surface area contributed by atoms with Gasteiger partial charge in [0.15, 0.2) is 0 Å². The van der Waals surface area contributed by atoms with E-state index in [1.165, 1.54) is 0 Å². The predicted molar refractivity (Wildman–Crippen MR) is 50.1 cm³/mol. The number of hydrogen-bond acceptors (Lipinski definition) is 2. The van der Waals surface area contributed by atoms with Crippen molar-refractivity contribution in [2.24, 2.45) is 5.73 Å². The van der Waals surface area contributed by atoms with Crippen LogP contribution in [0.25, 0.3) is 0 Å². The summed E-state index contributed by atoms with van der Waals surface area (Å²) in [6, 6.07) is 0. The summed E-state index contributed by atoms with van der Waals surface area (Å²) in [6.07, 6.45) is 0.734. The fourth-order valence-electron chi connectivity index (χ4n) is 0.774. The van der Waals surface area contributed by atoms with Gasteiger partial charge in [0.25, 0.3) is 0 Å². The summed E-state index contributed by atoms with van der Waals surface area (Å²) in [4.78, 5) is 10.5. The third-order valence-electron chi connectivity index (χ3n) is 1.25. The van der Waals surface area contributed by atoms with Crippen LogP contribution < -0.4 is 11.9 Å². The molecule has 3 nitrogen and oxygen atoms in total. The highest BCUT2D eigenvalue weighted by Gasteiger charge is 2.01. The van der Waals surface area contributed by atoms with Crippen molar-refractivity contribution in [3.05, 3.63) is 11.1 Å². The fraction of sp³-hybridized carbons (Fsp3) is 0.571. The normalized spacial score (nSPS) is 7.18. The standard InChI is InChI=1S/C7H13NO.ClH.H3N/c1-4-6(5(2)3)7(8)9;;/h4H2,1-3H3,(H2,8,9);1H;1H3. The minimum absolute atomic E-state index is 0. The molecule has 0 aromatic carbocycles. The molecule has 11 heavy (non-hydrogen) atoms. The molecule has 0 aromatic heterocycles. The molecule has 0 bridgehead atoms. The topological polar surface area (TPSA) is 78.1 Å². The Kier molecular flexibility index (Phi) is 11.6. The molecule has 0 aliphatic rings. The highest BCUT2D eigenvalue weighted by Crippen LogP contribution is 2.05. The lowest BCUT2D eigenvalue weighted by Gasteiger charge is -1.99. The molecule has 0 atom stereocenters. The smallest absolute Gasteiger partial charge is 0.244 e. The number of amides is 1. The van der Waals surface area contributed by atoms with E-state index in [9.17, 15) is 4.79 Å². The van der Waals surface area contributed by atoms with Gasteiger partial charge in [-0.25, -0.2) is 0 Å². The molecule has 0 unspecified atom stereocenters. The molecule has 0 saturated heterocycles. The number of hydrogen-bond donors (Lipinski definition) is 2. The van der Waals surface area contributed by atoms with Crippen LogP contribution in [-0.4, -0.2) is 5.91 Å². The van der Waals surface area contributed by atoms with E-state index in [-0.39, 0.29) is 24.5 Å². The molecule has 0 spiro atoms. The number of carbonyl (C=O) groups excluding carboxylic acids is 1. The lowest BCUT2D eigenvalue weighted by atomic mass is 10.1. The fourth-order valence-corrected chi connectivity index (χ4v) is 0.774. The largest absolute Gasteiger partial charge is 0.366 e. The van der Waals surface area contributed by atoms with Crippen molar-refractivity contribution in [1.82, 2.24) is 6.15 Å². The minimum Gasteiger partial charge on any atom is -0.366 e. The first-order chi connectivity index (χ1) is 4.09. The second kappa shape index (κ2) is 7.57. The van der Waals surface area contributed by atoms with Gasteiger partial charge in [-0.15, -0.1) is 12.4 Å². The minimum atomic E-state index is -0.294. The molecule has 4 heteroatoms. The van der Waals surface area contributed by atoms with Crippen LogP contribution in [0.15, 0.2) is 11.1 Å². The van der Waals surface area contributed by atoms with Crippen molar-refractivity contribution in [2.75, 3.05) is 0 Å². The lowest BCUT2D eigenvalue weighted by Crippen LogP contribution is -2.14. The summed E-state index contributed by atoms with van der Waals surface area (Å²) in [7, 11) is 0. The summed E-state index contributed by atoms with van der Waals surface area (Å²) in [6.45, 7) is 5.71. The molecule has 0 aromatic rings. The van der Waals surface area contributed by atoms with Gasteiger partial charge in [-0.2, -0.15) is 0 Å². The van der Waals surface area contributed by atoms with Gasteiger partial charge in [0, 0.05) is 5.57 Å². The zero-order valence-corrected chi connectivity index (χ0v) is 8.12. The summed E-state index contributed by atoms with van der Waals surface area (Å²) in [5.74, 6) is -0.294. The van der Waals surface area contributed by atoms with E-state index in [1.807, 2.05) is 20.8 Å². The van der Waals surface area contributed by atoms with Crippen LogP contribution in [0, 0.1) is 0 Å². The zero-order chi connectivity index (χ0) is 7.44. The van der Waals surface area contributed by atoms with Gasteiger partial charge >= 0.3 is 0 Å². The molecular formula is C7H17ClN2O. The third-order valence-corrected chi connectivity index (χ3v) is 1.25. The van der Waals surface area contributed by atoms with Crippen LogP contribution in [0.4, 0.5) is 0 Å². The molecule has 0 aliphatic heterocycles. The van der Waals surface area contributed by atoms with Crippen LogP contribution in [0.2, 0.25) is 0 Å². The van der Waals surface area contributed by atoms with Crippen molar-refractivity contribution >= 4 is 18.3 Å². The van der Waals surface area contributed by atoms with E-state index < -0.39 is 0 Å². The van der Waals surface area contributed by atoms with Gasteiger partial charge in [0.05, 0.1) is 0 Å². The Morgan fingerprint density at radius 3 is 1.73 bits per heavy atom. The van der Waals surface area contributed by atoms with Gasteiger partial charge in [-0.1, -0.05) is 12.5 Å². The van der Waals surface area contributed by atoms with Crippen molar-refractivity contribution in [1.29, 1.82) is 0 Å². The summed E-state index contributed by atoms with van der Waals surface area (Å²) in [5, 5.41) is 0. The maximum atomic E-state index is 10.5. The van der Waals surface area contributed by atoms with E-state index in [2.05, 4.69) is 0 Å². The SMILES string of the molecule is CCC(C(N)=O)=C(C)C.Cl.N. The Balaban J connectivity index is -0.000000320. The zero-order valence-electron chi connectivity index (χ0n) is 7.31. The summed E-state index contributed by atoms with van der Waals surface area (Å²) < 4.78 is 0. The van der Waals surface area contributed by atoms with E-state index in [0.29, 0.717) is 0 Å². The van der Waals surface area contributed by atoms with E-state index >= 15 is 0 Å². The Labute approximate surface area is 74.0 Å². The van der Waals surface area contributed by atoms with Crippen LogP contribution in [-0.2, 0) is 4.79 Å². The molecular weight excluding hydrogens is 164 g/mol. The van der Waals surface area contributed by atoms with Crippen LogP contribution in [0.1, 0.15) is 27.2 Å². The van der Waals surface area contributed by atoms with Crippen LogP contribution >= 0.6 is 12.4 Å². The number of rotatable bonds is 2. The van der Waals surface area contributed by atoms with Crippen molar-refractivity contribution in [3.8, 4) is 0 Å². The second-order valence-corrected chi connectivity index (χ2v) is 2.20. The summed E-state index contributed by atoms with van der Waals surface area (Å²) >= 11 is 0. The maximum absolute atomic E-state index is 10.5. The van der Waals surface area contributed by atoms with Gasteiger partial charge in [-0.05, 0) is 20.3 Å². The molecule has 0 rings (SSSR count). The number of primary amides is 1. The lowest BCUT2D eigenvalue weighted by molar-refractivity contribution is -0.114. The molecule has 0 fully saturated rings. The van der Waals surface area contributed by atoms with Crippen molar-refractivity contribution in [2.45, 2.75) is 27.2 Å². The molecule has 68 valence electrons.